The summed E-state index contributed by atoms with van der Waals surface area (Å²) in [5.74, 6) is -0.100. The molecule has 0 bridgehead atoms. The molecule has 0 saturated heterocycles. The van der Waals surface area contributed by atoms with Gasteiger partial charge in [-0.15, -0.1) is 0 Å². The number of aromatic hydroxyl groups is 1. The maximum absolute atomic E-state index is 9.97. The lowest BCUT2D eigenvalue weighted by atomic mass is 10.1. The molecule has 0 atom stereocenters. The third-order valence-corrected chi connectivity index (χ3v) is 4.45. The van der Waals surface area contributed by atoms with Crippen LogP contribution in [0.4, 0.5) is 11.8 Å². The number of anilines is 2. The van der Waals surface area contributed by atoms with Gasteiger partial charge in [0.1, 0.15) is 23.2 Å². The minimum absolute atomic E-state index is 0.0174. The van der Waals surface area contributed by atoms with E-state index >= 15 is 0 Å². The molecule has 1 aromatic carbocycles. The third-order valence-electron chi connectivity index (χ3n) is 2.45. The Bertz CT molecular complexity index is 757. The first-order chi connectivity index (χ1) is 9.36. The predicted molar refractivity (Wildman–Crippen MR) is 85.8 cm³/mol. The standard InChI is InChI=1S/C11H6Br3N5O/c12-4-1-5(13)9(20)7(14)6(4)8-3(2-15)10(16)19-11(17)18-8/h1,20H,(H4,16,17,18,19). The fourth-order valence-corrected chi connectivity index (χ4v) is 4.08. The summed E-state index contributed by atoms with van der Waals surface area (Å²) in [6, 6.07) is 3.57. The van der Waals surface area contributed by atoms with E-state index in [1.54, 1.807) is 6.07 Å². The van der Waals surface area contributed by atoms with Gasteiger partial charge < -0.3 is 16.6 Å². The van der Waals surface area contributed by atoms with Crippen molar-refractivity contribution in [1.82, 2.24) is 9.97 Å². The summed E-state index contributed by atoms with van der Waals surface area (Å²) in [5, 5.41) is 19.2. The largest absolute Gasteiger partial charge is 0.506 e. The summed E-state index contributed by atoms with van der Waals surface area (Å²) in [6.45, 7) is 0. The number of nitrogens with two attached hydrogens (primary N) is 2. The number of benzene rings is 1. The van der Waals surface area contributed by atoms with E-state index in [-0.39, 0.29) is 28.8 Å². The molecule has 0 radical (unpaired) electrons. The zero-order valence-electron chi connectivity index (χ0n) is 9.65. The number of aromatic nitrogens is 2. The third kappa shape index (κ3) is 2.46. The van der Waals surface area contributed by atoms with Crippen molar-refractivity contribution in [1.29, 1.82) is 5.26 Å². The van der Waals surface area contributed by atoms with Crippen molar-refractivity contribution in [3.8, 4) is 23.1 Å². The Morgan fingerprint density at radius 3 is 2.40 bits per heavy atom. The summed E-state index contributed by atoms with van der Waals surface area (Å²) >= 11 is 9.84. The van der Waals surface area contributed by atoms with Crippen LogP contribution in [0.25, 0.3) is 11.3 Å². The second-order valence-corrected chi connectivity index (χ2v) is 6.18. The van der Waals surface area contributed by atoms with Crippen LogP contribution in [0.2, 0.25) is 0 Å². The Morgan fingerprint density at radius 2 is 1.80 bits per heavy atom. The van der Waals surface area contributed by atoms with Crippen LogP contribution in [0, 0.1) is 11.3 Å². The average molecular weight is 464 g/mol. The highest BCUT2D eigenvalue weighted by Gasteiger charge is 2.21. The van der Waals surface area contributed by atoms with E-state index in [0.717, 1.165) is 0 Å². The van der Waals surface area contributed by atoms with Crippen molar-refractivity contribution in [3.05, 3.63) is 25.0 Å². The monoisotopic (exact) mass is 461 g/mol. The first-order valence-electron chi connectivity index (χ1n) is 5.06. The molecule has 20 heavy (non-hydrogen) atoms. The van der Waals surface area contributed by atoms with E-state index in [1.165, 1.54) is 0 Å². The highest BCUT2D eigenvalue weighted by Crippen LogP contribution is 2.45. The zero-order chi connectivity index (χ0) is 15.0. The Labute approximate surface area is 139 Å². The topological polar surface area (TPSA) is 122 Å². The molecule has 5 N–H and O–H groups in total. The zero-order valence-corrected chi connectivity index (χ0v) is 14.4. The highest BCUT2D eigenvalue weighted by molar-refractivity contribution is 9.11. The molecular weight excluding hydrogens is 458 g/mol. The smallest absolute Gasteiger partial charge is 0.222 e. The van der Waals surface area contributed by atoms with Crippen molar-refractivity contribution in [2.24, 2.45) is 0 Å². The van der Waals surface area contributed by atoms with Crippen molar-refractivity contribution < 1.29 is 5.11 Å². The fraction of sp³-hybridized carbons (Fsp3) is 0. The lowest BCUT2D eigenvalue weighted by Crippen LogP contribution is -2.05. The maximum Gasteiger partial charge on any atom is 0.222 e. The van der Waals surface area contributed by atoms with E-state index in [1.807, 2.05) is 6.07 Å². The number of hydrogen-bond donors (Lipinski definition) is 3. The molecule has 0 saturated carbocycles. The molecule has 0 amide bonds. The van der Waals surface area contributed by atoms with Crippen molar-refractivity contribution in [2.75, 3.05) is 11.5 Å². The molecule has 1 heterocycles. The fourth-order valence-electron chi connectivity index (χ4n) is 1.58. The maximum atomic E-state index is 9.97. The van der Waals surface area contributed by atoms with Crippen LogP contribution in [0.3, 0.4) is 0 Å². The number of nitrogens with zero attached hydrogens (tertiary/aromatic N) is 3. The van der Waals surface area contributed by atoms with Crippen molar-refractivity contribution in [2.45, 2.75) is 0 Å². The minimum Gasteiger partial charge on any atom is -0.506 e. The molecule has 0 fully saturated rings. The minimum atomic E-state index is -0.0577. The molecule has 6 nitrogen and oxygen atoms in total. The predicted octanol–water partition coefficient (Wildman–Crippen LogP) is 3.17. The molecule has 2 aromatic rings. The molecule has 0 unspecified atom stereocenters. The first-order valence-corrected chi connectivity index (χ1v) is 7.44. The van der Waals surface area contributed by atoms with Gasteiger partial charge in [-0.1, -0.05) is 15.9 Å². The Balaban J connectivity index is 2.89. The summed E-state index contributed by atoms with van der Waals surface area (Å²) in [4.78, 5) is 7.79. The van der Waals surface area contributed by atoms with Gasteiger partial charge in [0.2, 0.25) is 5.95 Å². The molecule has 9 heteroatoms. The normalized spacial score (nSPS) is 10.3. The van der Waals surface area contributed by atoms with Gasteiger partial charge >= 0.3 is 0 Å². The SMILES string of the molecule is N#Cc1c(N)nc(N)nc1-c1c(Br)cc(Br)c(O)c1Br. The van der Waals surface area contributed by atoms with Crippen LogP contribution in [0.5, 0.6) is 5.75 Å². The van der Waals surface area contributed by atoms with Crippen LogP contribution in [0.1, 0.15) is 5.56 Å². The molecule has 0 aliphatic rings. The van der Waals surface area contributed by atoms with Crippen molar-refractivity contribution in [3.63, 3.8) is 0 Å². The molecule has 0 aliphatic carbocycles. The first kappa shape index (κ1) is 15.0. The number of halogens is 3. The quantitative estimate of drug-likeness (QED) is 0.597. The van der Waals surface area contributed by atoms with Gasteiger partial charge in [0.15, 0.2) is 0 Å². The molecule has 0 aliphatic heterocycles. The number of phenolic OH excluding ortho intramolecular Hbond substituents is 1. The Morgan fingerprint density at radius 1 is 1.15 bits per heavy atom. The van der Waals surface area contributed by atoms with Gasteiger partial charge in [-0.2, -0.15) is 10.2 Å². The summed E-state index contributed by atoms with van der Waals surface area (Å²) in [5.41, 5.74) is 12.0. The van der Waals surface area contributed by atoms with E-state index in [9.17, 15) is 10.4 Å². The number of phenols is 1. The van der Waals surface area contributed by atoms with Gasteiger partial charge in [0, 0.05) is 10.0 Å². The summed E-state index contributed by atoms with van der Waals surface area (Å²) in [6.07, 6.45) is 0. The van der Waals surface area contributed by atoms with Crippen LogP contribution >= 0.6 is 47.8 Å². The number of nitriles is 1. The van der Waals surface area contributed by atoms with Gasteiger partial charge in [0.05, 0.1) is 14.6 Å². The van der Waals surface area contributed by atoms with E-state index in [2.05, 4.69) is 57.8 Å². The summed E-state index contributed by atoms with van der Waals surface area (Å²) < 4.78 is 1.43. The molecule has 102 valence electrons. The molecule has 0 spiro atoms. The van der Waals surface area contributed by atoms with E-state index < -0.39 is 0 Å². The molecular formula is C11H6Br3N5O. The Kier molecular flexibility index (Phi) is 4.17. The second-order valence-electron chi connectivity index (χ2n) is 3.68. The lowest BCUT2D eigenvalue weighted by molar-refractivity contribution is 0.468. The number of nitrogen functional groups attached to an aromatic ring is 2. The van der Waals surface area contributed by atoms with E-state index in [0.29, 0.717) is 19.0 Å². The van der Waals surface area contributed by atoms with Crippen LogP contribution in [-0.4, -0.2) is 15.1 Å². The average Bonchev–Trinajstić information content (AvgIpc) is 2.35. The number of rotatable bonds is 1. The Hall–Kier alpha value is -1.37. The summed E-state index contributed by atoms with van der Waals surface area (Å²) in [7, 11) is 0. The van der Waals surface area contributed by atoms with Gasteiger partial charge in [-0.25, -0.2) is 4.98 Å². The lowest BCUT2D eigenvalue weighted by Gasteiger charge is -2.12. The van der Waals surface area contributed by atoms with E-state index in [4.69, 9.17) is 11.5 Å². The van der Waals surface area contributed by atoms with Crippen LogP contribution < -0.4 is 11.5 Å². The van der Waals surface area contributed by atoms with Crippen LogP contribution in [0.15, 0.2) is 19.5 Å². The molecule has 2 rings (SSSR count). The molecule has 1 aromatic heterocycles. The van der Waals surface area contributed by atoms with Gasteiger partial charge in [0.25, 0.3) is 0 Å². The highest BCUT2D eigenvalue weighted by atomic mass is 79.9. The van der Waals surface area contributed by atoms with Crippen molar-refractivity contribution >= 4 is 59.6 Å². The number of hydrogen-bond acceptors (Lipinski definition) is 6. The van der Waals surface area contributed by atoms with Gasteiger partial charge in [-0.3, -0.25) is 0 Å². The van der Waals surface area contributed by atoms with Crippen LogP contribution in [-0.2, 0) is 0 Å². The van der Waals surface area contributed by atoms with Gasteiger partial charge in [-0.05, 0) is 37.9 Å². The second kappa shape index (κ2) is 5.55.